The van der Waals surface area contributed by atoms with Crippen molar-refractivity contribution in [3.8, 4) is 17.2 Å². The minimum absolute atomic E-state index is 0.330. The molecule has 1 saturated heterocycles. The van der Waals surface area contributed by atoms with E-state index in [9.17, 15) is 5.11 Å². The highest BCUT2D eigenvalue weighted by Gasteiger charge is 2.21. The summed E-state index contributed by atoms with van der Waals surface area (Å²) in [5.74, 6) is 2.71. The number of guanidine groups is 1. The largest absolute Gasteiger partial charge is 0.506 e. The zero-order chi connectivity index (χ0) is 21.3. The number of piperazine rings is 1. The Morgan fingerprint density at radius 2 is 1.83 bits per heavy atom. The molecule has 7 heteroatoms. The Balaban J connectivity index is 1.67. The summed E-state index contributed by atoms with van der Waals surface area (Å²) in [6.07, 6.45) is 0. The van der Waals surface area contributed by atoms with Crippen molar-refractivity contribution in [1.29, 1.82) is 0 Å². The standard InChI is InChI=1S/C23H32N4O3/c1-4-24-23(25-17-18-10-11-21(29-3)22(16-18)30-5-2)27-14-12-26(13-15-27)19-8-6-7-9-20(19)28/h6-11,16,28H,4-5,12-15,17H2,1-3H3,(H,24,25). The molecule has 162 valence electrons. The first kappa shape index (κ1) is 21.6. The molecule has 30 heavy (non-hydrogen) atoms. The van der Waals surface area contributed by atoms with Crippen molar-refractivity contribution in [3.05, 3.63) is 48.0 Å². The fourth-order valence-corrected chi connectivity index (χ4v) is 3.57. The highest BCUT2D eigenvalue weighted by Crippen LogP contribution is 2.29. The first-order valence-electron chi connectivity index (χ1n) is 10.5. The van der Waals surface area contributed by atoms with Crippen LogP contribution >= 0.6 is 0 Å². The van der Waals surface area contributed by atoms with E-state index in [1.807, 2.05) is 43.3 Å². The number of nitrogens with one attached hydrogen (secondary N) is 1. The summed E-state index contributed by atoms with van der Waals surface area (Å²) < 4.78 is 11.0. The summed E-state index contributed by atoms with van der Waals surface area (Å²) in [6, 6.07) is 13.4. The molecule has 1 aliphatic rings. The lowest BCUT2D eigenvalue weighted by Gasteiger charge is -2.37. The molecule has 0 saturated carbocycles. The second-order valence-corrected chi connectivity index (χ2v) is 7.05. The monoisotopic (exact) mass is 412 g/mol. The number of phenols is 1. The zero-order valence-electron chi connectivity index (χ0n) is 18.1. The summed E-state index contributed by atoms with van der Waals surface area (Å²) in [5.41, 5.74) is 1.96. The molecule has 0 aromatic heterocycles. The minimum atomic E-state index is 0.330. The van der Waals surface area contributed by atoms with E-state index in [0.29, 0.717) is 18.9 Å². The van der Waals surface area contributed by atoms with E-state index in [-0.39, 0.29) is 0 Å². The number of aliphatic imine (C=N–C) groups is 1. The van der Waals surface area contributed by atoms with Crippen LogP contribution in [0.15, 0.2) is 47.5 Å². The van der Waals surface area contributed by atoms with Crippen molar-refractivity contribution in [2.75, 3.05) is 51.3 Å². The van der Waals surface area contributed by atoms with Crippen molar-refractivity contribution in [2.24, 2.45) is 4.99 Å². The number of nitrogens with zero attached hydrogens (tertiary/aromatic N) is 3. The van der Waals surface area contributed by atoms with Crippen LogP contribution in [0, 0.1) is 0 Å². The Morgan fingerprint density at radius 3 is 2.50 bits per heavy atom. The second kappa shape index (κ2) is 10.6. The van der Waals surface area contributed by atoms with Crippen LogP contribution < -0.4 is 19.7 Å². The molecule has 7 nitrogen and oxygen atoms in total. The number of methoxy groups -OCH3 is 1. The van der Waals surface area contributed by atoms with E-state index in [0.717, 1.165) is 61.4 Å². The molecule has 1 heterocycles. The Labute approximate surface area is 178 Å². The molecule has 1 aliphatic heterocycles. The van der Waals surface area contributed by atoms with Gasteiger partial charge in [-0.05, 0) is 43.7 Å². The van der Waals surface area contributed by atoms with E-state index < -0.39 is 0 Å². The fourth-order valence-electron chi connectivity index (χ4n) is 3.57. The number of hydrogen-bond donors (Lipinski definition) is 2. The third kappa shape index (κ3) is 5.28. The fraction of sp³-hybridized carbons (Fsp3) is 0.435. The third-order valence-corrected chi connectivity index (χ3v) is 5.08. The number of rotatable bonds is 7. The van der Waals surface area contributed by atoms with Crippen LogP contribution in [0.4, 0.5) is 5.69 Å². The van der Waals surface area contributed by atoms with Crippen LogP contribution in [0.25, 0.3) is 0 Å². The third-order valence-electron chi connectivity index (χ3n) is 5.08. The summed E-state index contributed by atoms with van der Waals surface area (Å²) in [4.78, 5) is 9.33. The molecule has 0 spiro atoms. The predicted molar refractivity (Wildman–Crippen MR) is 121 cm³/mol. The molecule has 0 radical (unpaired) electrons. The van der Waals surface area contributed by atoms with Gasteiger partial charge in [0.25, 0.3) is 0 Å². The molecule has 2 aromatic rings. The highest BCUT2D eigenvalue weighted by molar-refractivity contribution is 5.80. The smallest absolute Gasteiger partial charge is 0.194 e. The van der Waals surface area contributed by atoms with Gasteiger partial charge in [-0.3, -0.25) is 0 Å². The zero-order valence-corrected chi connectivity index (χ0v) is 18.1. The van der Waals surface area contributed by atoms with Crippen LogP contribution in [0.3, 0.4) is 0 Å². The van der Waals surface area contributed by atoms with Crippen molar-refractivity contribution in [2.45, 2.75) is 20.4 Å². The molecule has 2 N–H and O–H groups in total. The number of anilines is 1. The number of aromatic hydroxyl groups is 1. The van der Waals surface area contributed by atoms with Crippen molar-refractivity contribution >= 4 is 11.6 Å². The van der Waals surface area contributed by atoms with E-state index in [1.54, 1.807) is 13.2 Å². The van der Waals surface area contributed by atoms with Gasteiger partial charge in [-0.1, -0.05) is 18.2 Å². The van der Waals surface area contributed by atoms with E-state index >= 15 is 0 Å². The van der Waals surface area contributed by atoms with Crippen LogP contribution in [0.2, 0.25) is 0 Å². The maximum Gasteiger partial charge on any atom is 0.194 e. The topological polar surface area (TPSA) is 69.6 Å². The Kier molecular flexibility index (Phi) is 7.65. The van der Waals surface area contributed by atoms with Crippen LogP contribution in [0.1, 0.15) is 19.4 Å². The SMILES string of the molecule is CCNC(=NCc1ccc(OC)c(OCC)c1)N1CCN(c2ccccc2O)CC1. The Bertz CT molecular complexity index is 848. The van der Waals surface area contributed by atoms with Crippen LogP contribution in [0.5, 0.6) is 17.2 Å². The molecule has 0 aliphatic carbocycles. The van der Waals surface area contributed by atoms with Gasteiger partial charge in [-0.15, -0.1) is 0 Å². The van der Waals surface area contributed by atoms with Crippen molar-refractivity contribution in [1.82, 2.24) is 10.2 Å². The highest BCUT2D eigenvalue weighted by atomic mass is 16.5. The van der Waals surface area contributed by atoms with E-state index in [4.69, 9.17) is 14.5 Å². The van der Waals surface area contributed by atoms with E-state index in [2.05, 4.69) is 22.0 Å². The number of para-hydroxylation sites is 2. The number of benzene rings is 2. The number of phenolic OH excluding ortho intramolecular Hbond substituents is 1. The van der Waals surface area contributed by atoms with Gasteiger partial charge >= 0.3 is 0 Å². The normalized spacial score (nSPS) is 14.6. The summed E-state index contributed by atoms with van der Waals surface area (Å²) in [7, 11) is 1.65. The van der Waals surface area contributed by atoms with Gasteiger partial charge < -0.3 is 29.7 Å². The Morgan fingerprint density at radius 1 is 1.07 bits per heavy atom. The molecule has 0 bridgehead atoms. The first-order chi connectivity index (χ1) is 14.7. The summed E-state index contributed by atoms with van der Waals surface area (Å²) in [5, 5.41) is 13.5. The molecule has 2 aromatic carbocycles. The van der Waals surface area contributed by atoms with Gasteiger partial charge in [0.05, 0.1) is 25.9 Å². The van der Waals surface area contributed by atoms with Gasteiger partial charge in [-0.25, -0.2) is 4.99 Å². The quantitative estimate of drug-likeness (QED) is 0.538. The second-order valence-electron chi connectivity index (χ2n) is 7.05. The molecular formula is C23H32N4O3. The summed E-state index contributed by atoms with van der Waals surface area (Å²) in [6.45, 7) is 9.35. The average molecular weight is 413 g/mol. The maximum atomic E-state index is 10.1. The van der Waals surface area contributed by atoms with Crippen LogP contribution in [-0.4, -0.2) is 62.4 Å². The number of hydrogen-bond acceptors (Lipinski definition) is 5. The average Bonchev–Trinajstić information content (AvgIpc) is 2.77. The molecule has 3 rings (SSSR count). The summed E-state index contributed by atoms with van der Waals surface area (Å²) >= 11 is 0. The predicted octanol–water partition coefficient (Wildman–Crippen LogP) is 3.09. The maximum absolute atomic E-state index is 10.1. The lowest BCUT2D eigenvalue weighted by molar-refractivity contribution is 0.310. The van der Waals surface area contributed by atoms with Crippen molar-refractivity contribution in [3.63, 3.8) is 0 Å². The molecule has 0 atom stereocenters. The van der Waals surface area contributed by atoms with Crippen molar-refractivity contribution < 1.29 is 14.6 Å². The first-order valence-corrected chi connectivity index (χ1v) is 10.5. The molecule has 0 unspecified atom stereocenters. The Hall–Kier alpha value is -3.09. The van der Waals surface area contributed by atoms with Gasteiger partial charge in [0.1, 0.15) is 5.75 Å². The van der Waals surface area contributed by atoms with Gasteiger partial charge in [-0.2, -0.15) is 0 Å². The molecule has 1 fully saturated rings. The lowest BCUT2D eigenvalue weighted by atomic mass is 10.2. The lowest BCUT2D eigenvalue weighted by Crippen LogP contribution is -2.52. The molecule has 0 amide bonds. The van der Waals surface area contributed by atoms with Crippen LogP contribution in [-0.2, 0) is 6.54 Å². The number of ether oxygens (including phenoxy) is 2. The molecular weight excluding hydrogens is 380 g/mol. The van der Waals surface area contributed by atoms with Gasteiger partial charge in [0.15, 0.2) is 17.5 Å². The van der Waals surface area contributed by atoms with Gasteiger partial charge in [0, 0.05) is 32.7 Å². The van der Waals surface area contributed by atoms with E-state index in [1.165, 1.54) is 0 Å². The van der Waals surface area contributed by atoms with Gasteiger partial charge in [0.2, 0.25) is 0 Å². The minimum Gasteiger partial charge on any atom is -0.506 e.